The van der Waals surface area contributed by atoms with Crippen molar-refractivity contribution < 1.29 is 36.2 Å². The van der Waals surface area contributed by atoms with Crippen molar-refractivity contribution in [3.05, 3.63) is 47.5 Å². The summed E-state index contributed by atoms with van der Waals surface area (Å²) in [5, 5.41) is 21.2. The molecule has 2 N–H and O–H groups in total. The van der Waals surface area contributed by atoms with Crippen LogP contribution in [0.25, 0.3) is 0 Å². The molecule has 0 radical (unpaired) electrons. The summed E-state index contributed by atoms with van der Waals surface area (Å²) in [7, 11) is -8.99. The van der Waals surface area contributed by atoms with Gasteiger partial charge in [-0.05, 0) is 55.0 Å². The van der Waals surface area contributed by atoms with Crippen molar-refractivity contribution in [2.75, 3.05) is 0 Å². The van der Waals surface area contributed by atoms with Crippen molar-refractivity contribution in [2.45, 2.75) is 139 Å². The van der Waals surface area contributed by atoms with Gasteiger partial charge in [0, 0.05) is 4.90 Å². The van der Waals surface area contributed by atoms with E-state index in [9.17, 15) is 31.6 Å². The molecule has 0 saturated heterocycles. The summed E-state index contributed by atoms with van der Waals surface area (Å²) in [6.45, 7) is 4.41. The van der Waals surface area contributed by atoms with Crippen LogP contribution in [0.3, 0.4) is 0 Å². The molecule has 0 aromatic heterocycles. The van der Waals surface area contributed by atoms with Crippen LogP contribution in [-0.4, -0.2) is 54.1 Å². The van der Waals surface area contributed by atoms with E-state index in [1.54, 1.807) is 12.1 Å². The summed E-state index contributed by atoms with van der Waals surface area (Å²) in [6, 6.07) is 8.28. The number of rotatable bonds is 20. The Balaban J connectivity index is 0.000000802. The van der Waals surface area contributed by atoms with E-state index in [0.717, 1.165) is 55.7 Å². The Bertz CT molecular complexity index is 1150. The van der Waals surface area contributed by atoms with Gasteiger partial charge in [0.2, 0.25) is 0 Å². The zero-order valence-electron chi connectivity index (χ0n) is 26.1. The molecule has 0 bridgehead atoms. The number of unbranched alkanes of at least 4 members (excludes halogenated alkanes) is 14. The van der Waals surface area contributed by atoms with Crippen LogP contribution in [0.15, 0.2) is 46.2 Å². The second kappa shape index (κ2) is 23.0. The molecule has 43 heavy (non-hydrogen) atoms. The van der Waals surface area contributed by atoms with Gasteiger partial charge in [0.05, 0.1) is 0 Å². The minimum Gasteiger partial charge on any atom is -0.872 e. The molecule has 8 nitrogen and oxygen atoms in total. The van der Waals surface area contributed by atoms with Gasteiger partial charge < -0.3 is 14.8 Å². The van der Waals surface area contributed by atoms with Crippen molar-refractivity contribution in [2.24, 2.45) is 0 Å². The molecule has 0 amide bonds. The second-order valence-electron chi connectivity index (χ2n) is 11.0. The molecular weight excluding hydrogens is 601 g/mol. The summed E-state index contributed by atoms with van der Waals surface area (Å²) in [6.07, 6.45) is 21.1. The van der Waals surface area contributed by atoms with Gasteiger partial charge in [0.25, 0.3) is 10.1 Å². The van der Waals surface area contributed by atoms with Crippen LogP contribution in [0.1, 0.15) is 128 Å². The number of aryl methyl sites for hydroxylation is 2. The number of hydrogen-bond acceptors (Lipinski definition) is 7. The van der Waals surface area contributed by atoms with E-state index in [0.29, 0.717) is 0 Å². The zero-order valence-corrected chi connectivity index (χ0v) is 29.1. The maximum absolute atomic E-state index is 11.5. The first-order valence-corrected chi connectivity index (χ1v) is 18.3. The first-order valence-electron chi connectivity index (χ1n) is 15.4. The fourth-order valence-corrected chi connectivity index (χ4v) is 5.88. The fraction of sp³-hybridized carbons (Fsp3) is 0.625. The van der Waals surface area contributed by atoms with Crippen LogP contribution in [0.5, 0.6) is 11.5 Å². The van der Waals surface area contributed by atoms with Gasteiger partial charge in [0.1, 0.15) is 20.8 Å². The first-order chi connectivity index (χ1) is 19.9. The maximum atomic E-state index is 11.5. The van der Waals surface area contributed by atoms with Crippen LogP contribution in [-0.2, 0) is 33.1 Å². The van der Waals surface area contributed by atoms with Crippen molar-refractivity contribution in [3.63, 3.8) is 0 Å². The van der Waals surface area contributed by atoms with Gasteiger partial charge in [-0.1, -0.05) is 128 Å². The minimum atomic E-state index is -4.65. The van der Waals surface area contributed by atoms with Crippen LogP contribution < -0.4 is 5.11 Å². The van der Waals surface area contributed by atoms with E-state index >= 15 is 0 Å². The predicted octanol–water partition coefficient (Wildman–Crippen LogP) is 7.29. The van der Waals surface area contributed by atoms with Gasteiger partial charge >= 0.3 is 23.1 Å². The normalized spacial score (nSPS) is 11.4. The Morgan fingerprint density at radius 2 is 0.977 bits per heavy atom. The van der Waals surface area contributed by atoms with Gasteiger partial charge in [0.15, 0.2) is 0 Å². The minimum absolute atomic E-state index is 0. The molecule has 0 aliphatic heterocycles. The molecule has 11 heteroatoms. The Morgan fingerprint density at radius 3 is 1.33 bits per heavy atom. The quantitative estimate of drug-likeness (QED) is 0.0860. The number of phenolic OH excluding ortho intramolecular Hbond substituents is 1. The third-order valence-electron chi connectivity index (χ3n) is 7.22. The third kappa shape index (κ3) is 18.9. The van der Waals surface area contributed by atoms with Crippen molar-refractivity contribution in [1.29, 1.82) is 0 Å². The molecule has 2 rings (SSSR count). The average Bonchev–Trinajstić information content (AvgIpc) is 2.91. The molecule has 2 aromatic rings. The van der Waals surface area contributed by atoms with Crippen molar-refractivity contribution in [1.82, 2.24) is 0 Å². The SMILES string of the molecule is CCCCCCCCCCc1ccc(S(=O)(=O)O)c(O)c1.CCCCCCCCCCc1ccc(S(=O)(=O)[O-])c([O-])c1.[Mg+2]. The van der Waals surface area contributed by atoms with E-state index in [4.69, 9.17) is 4.55 Å². The summed E-state index contributed by atoms with van der Waals surface area (Å²) < 4.78 is 63.3. The van der Waals surface area contributed by atoms with Gasteiger partial charge in [-0.2, -0.15) is 8.42 Å². The average molecular weight is 651 g/mol. The van der Waals surface area contributed by atoms with Crippen LogP contribution in [0.4, 0.5) is 0 Å². The van der Waals surface area contributed by atoms with Crippen molar-refractivity contribution >= 4 is 43.3 Å². The number of hydrogen-bond donors (Lipinski definition) is 2. The van der Waals surface area contributed by atoms with E-state index < -0.39 is 35.8 Å². The Hall–Kier alpha value is -1.37. The van der Waals surface area contributed by atoms with Crippen LogP contribution in [0, 0.1) is 0 Å². The predicted molar refractivity (Wildman–Crippen MR) is 170 cm³/mol. The summed E-state index contributed by atoms with van der Waals surface area (Å²) >= 11 is 0. The molecule has 240 valence electrons. The largest absolute Gasteiger partial charge is 2.00 e. The molecule has 0 unspecified atom stereocenters. The smallest absolute Gasteiger partial charge is 0.872 e. The maximum Gasteiger partial charge on any atom is 2.00 e. The molecule has 0 aliphatic rings. The molecule has 0 spiro atoms. The summed E-state index contributed by atoms with van der Waals surface area (Å²) in [5.41, 5.74) is 1.70. The Kier molecular flexibility index (Phi) is 22.3. The summed E-state index contributed by atoms with van der Waals surface area (Å²) in [4.78, 5) is -1.08. The molecule has 0 atom stereocenters. The molecular formula is C32H50MgO8S2. The van der Waals surface area contributed by atoms with Gasteiger partial charge in [-0.3, -0.25) is 4.55 Å². The molecule has 0 fully saturated rings. The summed E-state index contributed by atoms with van der Waals surface area (Å²) in [5.74, 6) is -1.07. The Morgan fingerprint density at radius 1 is 0.605 bits per heavy atom. The first kappa shape index (κ1) is 41.6. The van der Waals surface area contributed by atoms with E-state index in [1.807, 2.05) is 0 Å². The molecule has 2 aromatic carbocycles. The fourth-order valence-electron chi connectivity index (χ4n) is 4.78. The van der Waals surface area contributed by atoms with Crippen LogP contribution >= 0.6 is 0 Å². The van der Waals surface area contributed by atoms with E-state index in [-0.39, 0.29) is 28.8 Å². The number of phenols is 1. The standard InChI is InChI=1S/2C16H26O4S.Mg/c2*1-2-3-4-5-6-7-8-9-10-14-11-12-16(15(17)13-14)21(18,19)20;/h2*11-13,17H,2-10H2,1H3,(H,18,19,20);/q;;+2/p-2. The second-order valence-corrected chi connectivity index (χ2v) is 13.7. The molecule has 0 heterocycles. The topological polar surface area (TPSA) is 155 Å². The Labute approximate surface area is 276 Å². The van der Waals surface area contributed by atoms with E-state index in [2.05, 4.69) is 13.8 Å². The van der Waals surface area contributed by atoms with Crippen molar-refractivity contribution in [3.8, 4) is 11.5 Å². The zero-order chi connectivity index (χ0) is 31.4. The molecule has 0 saturated carbocycles. The van der Waals surface area contributed by atoms with E-state index in [1.165, 1.54) is 95.2 Å². The number of aromatic hydroxyl groups is 1. The number of benzene rings is 2. The van der Waals surface area contributed by atoms with Gasteiger partial charge in [-0.25, -0.2) is 8.42 Å². The molecule has 0 aliphatic carbocycles. The monoisotopic (exact) mass is 650 g/mol. The van der Waals surface area contributed by atoms with Gasteiger partial charge in [-0.15, -0.1) is 0 Å². The third-order valence-corrected chi connectivity index (χ3v) is 8.99. The van der Waals surface area contributed by atoms with Crippen LogP contribution in [0.2, 0.25) is 0 Å².